The summed E-state index contributed by atoms with van der Waals surface area (Å²) >= 11 is 0. The van der Waals surface area contributed by atoms with Crippen molar-refractivity contribution in [3.8, 4) is 5.88 Å². The first-order valence-electron chi connectivity index (χ1n) is 6.44. The van der Waals surface area contributed by atoms with Crippen LogP contribution in [-0.2, 0) is 6.54 Å². The van der Waals surface area contributed by atoms with E-state index in [9.17, 15) is 0 Å². The molecular formula is C16H15N3O. The second-order valence-electron chi connectivity index (χ2n) is 4.44. The molecule has 0 atom stereocenters. The minimum atomic E-state index is 0.611. The third-order valence-electron chi connectivity index (χ3n) is 3.08. The first-order chi connectivity index (χ1) is 9.85. The number of anilines is 1. The Hall–Kier alpha value is -2.62. The first kappa shape index (κ1) is 12.4. The van der Waals surface area contributed by atoms with E-state index in [1.807, 2.05) is 36.4 Å². The molecule has 2 aromatic heterocycles. The van der Waals surface area contributed by atoms with Gasteiger partial charge in [-0.15, -0.1) is 0 Å². The Labute approximate surface area is 117 Å². The number of ether oxygens (including phenoxy) is 1. The van der Waals surface area contributed by atoms with E-state index in [0.29, 0.717) is 12.4 Å². The van der Waals surface area contributed by atoms with Gasteiger partial charge >= 0.3 is 0 Å². The molecule has 3 rings (SSSR count). The SMILES string of the molecule is COc1ccc(NCc2ccc3ccccc3n2)cn1. The van der Waals surface area contributed by atoms with E-state index in [0.717, 1.165) is 22.3 Å². The number of hydrogen-bond acceptors (Lipinski definition) is 4. The predicted molar refractivity (Wildman–Crippen MR) is 79.9 cm³/mol. The number of aromatic nitrogens is 2. The lowest BCUT2D eigenvalue weighted by atomic mass is 10.2. The van der Waals surface area contributed by atoms with Crippen LogP contribution in [0.2, 0.25) is 0 Å². The molecule has 0 aliphatic carbocycles. The van der Waals surface area contributed by atoms with Gasteiger partial charge in [-0.05, 0) is 18.2 Å². The molecule has 1 N–H and O–H groups in total. The average molecular weight is 265 g/mol. The van der Waals surface area contributed by atoms with Crippen LogP contribution in [0.15, 0.2) is 54.7 Å². The smallest absolute Gasteiger partial charge is 0.213 e. The van der Waals surface area contributed by atoms with Gasteiger partial charge in [-0.25, -0.2) is 4.98 Å². The van der Waals surface area contributed by atoms with Crippen molar-refractivity contribution in [1.29, 1.82) is 0 Å². The van der Waals surface area contributed by atoms with E-state index in [2.05, 4.69) is 27.4 Å². The van der Waals surface area contributed by atoms with E-state index in [-0.39, 0.29) is 0 Å². The molecule has 0 fully saturated rings. The van der Waals surface area contributed by atoms with Crippen LogP contribution in [0.5, 0.6) is 5.88 Å². The van der Waals surface area contributed by atoms with Crippen LogP contribution in [-0.4, -0.2) is 17.1 Å². The Morgan fingerprint density at radius 3 is 2.75 bits per heavy atom. The summed E-state index contributed by atoms with van der Waals surface area (Å²) in [5, 5.41) is 4.45. The number of nitrogens with one attached hydrogen (secondary N) is 1. The molecule has 4 nitrogen and oxygen atoms in total. The number of fused-ring (bicyclic) bond motifs is 1. The van der Waals surface area contributed by atoms with Gasteiger partial charge in [0.1, 0.15) is 0 Å². The third kappa shape index (κ3) is 2.69. The van der Waals surface area contributed by atoms with Gasteiger partial charge in [0.05, 0.1) is 36.7 Å². The topological polar surface area (TPSA) is 47.0 Å². The minimum absolute atomic E-state index is 0.611. The van der Waals surface area contributed by atoms with Crippen LogP contribution < -0.4 is 10.1 Å². The average Bonchev–Trinajstić information content (AvgIpc) is 2.53. The molecule has 0 unspecified atom stereocenters. The molecule has 0 radical (unpaired) electrons. The molecule has 0 saturated heterocycles. The standard InChI is InChI=1S/C16H15N3O/c1-20-16-9-8-13(10-18-16)17-11-14-7-6-12-4-2-3-5-15(12)19-14/h2-10,17H,11H2,1H3. The maximum absolute atomic E-state index is 5.03. The Balaban J connectivity index is 1.72. The summed E-state index contributed by atoms with van der Waals surface area (Å²) in [5.74, 6) is 0.611. The summed E-state index contributed by atoms with van der Waals surface area (Å²) in [7, 11) is 1.61. The van der Waals surface area contributed by atoms with Crippen LogP contribution in [0.1, 0.15) is 5.69 Å². The molecule has 0 amide bonds. The second kappa shape index (κ2) is 5.57. The fraction of sp³-hybridized carbons (Fsp3) is 0.125. The van der Waals surface area contributed by atoms with E-state index in [1.165, 1.54) is 0 Å². The van der Waals surface area contributed by atoms with Crippen LogP contribution >= 0.6 is 0 Å². The Bertz CT molecular complexity index is 710. The van der Waals surface area contributed by atoms with Crippen molar-refractivity contribution in [3.63, 3.8) is 0 Å². The maximum atomic E-state index is 5.03. The molecule has 0 spiro atoms. The van der Waals surface area contributed by atoms with Crippen LogP contribution in [0.3, 0.4) is 0 Å². The summed E-state index contributed by atoms with van der Waals surface area (Å²) in [6.45, 7) is 0.666. The van der Waals surface area contributed by atoms with Crippen molar-refractivity contribution in [2.24, 2.45) is 0 Å². The van der Waals surface area contributed by atoms with Crippen molar-refractivity contribution >= 4 is 16.6 Å². The number of rotatable bonds is 4. The predicted octanol–water partition coefficient (Wildman–Crippen LogP) is 3.25. The number of benzene rings is 1. The summed E-state index contributed by atoms with van der Waals surface area (Å²) < 4.78 is 5.03. The lowest BCUT2D eigenvalue weighted by molar-refractivity contribution is 0.398. The largest absolute Gasteiger partial charge is 0.481 e. The van der Waals surface area contributed by atoms with E-state index in [1.54, 1.807) is 13.3 Å². The summed E-state index contributed by atoms with van der Waals surface area (Å²) in [6, 6.07) is 16.0. The molecule has 0 aliphatic heterocycles. The fourth-order valence-electron chi connectivity index (χ4n) is 2.00. The van der Waals surface area contributed by atoms with Crippen molar-refractivity contribution < 1.29 is 4.74 Å². The highest BCUT2D eigenvalue weighted by Crippen LogP contribution is 2.14. The van der Waals surface area contributed by atoms with Gasteiger partial charge in [-0.3, -0.25) is 4.98 Å². The molecule has 1 aromatic carbocycles. The van der Waals surface area contributed by atoms with Gasteiger partial charge in [0.2, 0.25) is 5.88 Å². The summed E-state index contributed by atoms with van der Waals surface area (Å²) in [5.41, 5.74) is 2.96. The molecule has 0 saturated carbocycles. The van der Waals surface area contributed by atoms with Crippen molar-refractivity contribution in [2.75, 3.05) is 12.4 Å². The van der Waals surface area contributed by atoms with E-state index < -0.39 is 0 Å². The normalized spacial score (nSPS) is 10.4. The quantitative estimate of drug-likeness (QED) is 0.786. The highest BCUT2D eigenvalue weighted by atomic mass is 16.5. The summed E-state index contributed by atoms with van der Waals surface area (Å²) in [4.78, 5) is 8.77. The zero-order chi connectivity index (χ0) is 13.8. The monoisotopic (exact) mass is 265 g/mol. The Kier molecular flexibility index (Phi) is 3.46. The molecule has 2 heterocycles. The maximum Gasteiger partial charge on any atom is 0.213 e. The number of hydrogen-bond donors (Lipinski definition) is 1. The Morgan fingerprint density at radius 1 is 1.05 bits per heavy atom. The molecule has 100 valence electrons. The van der Waals surface area contributed by atoms with Gasteiger partial charge < -0.3 is 10.1 Å². The number of nitrogens with zero attached hydrogens (tertiary/aromatic N) is 2. The third-order valence-corrected chi connectivity index (χ3v) is 3.08. The lowest BCUT2D eigenvalue weighted by Gasteiger charge is -2.07. The number of para-hydroxylation sites is 1. The van der Waals surface area contributed by atoms with E-state index >= 15 is 0 Å². The molecule has 20 heavy (non-hydrogen) atoms. The zero-order valence-corrected chi connectivity index (χ0v) is 11.2. The fourth-order valence-corrected chi connectivity index (χ4v) is 2.00. The van der Waals surface area contributed by atoms with Gasteiger partial charge in [-0.2, -0.15) is 0 Å². The highest BCUT2D eigenvalue weighted by Gasteiger charge is 1.99. The van der Waals surface area contributed by atoms with Crippen LogP contribution in [0.25, 0.3) is 10.9 Å². The van der Waals surface area contributed by atoms with Gasteiger partial charge in [-0.1, -0.05) is 24.3 Å². The number of methoxy groups -OCH3 is 1. The van der Waals surface area contributed by atoms with Crippen LogP contribution in [0, 0.1) is 0 Å². The highest BCUT2D eigenvalue weighted by molar-refractivity contribution is 5.78. The molecular weight excluding hydrogens is 250 g/mol. The first-order valence-corrected chi connectivity index (χ1v) is 6.44. The van der Waals surface area contributed by atoms with Crippen molar-refractivity contribution in [2.45, 2.75) is 6.54 Å². The molecule has 4 heteroatoms. The molecule has 3 aromatic rings. The van der Waals surface area contributed by atoms with Gasteiger partial charge in [0.15, 0.2) is 0 Å². The lowest BCUT2D eigenvalue weighted by Crippen LogP contribution is -2.02. The summed E-state index contributed by atoms with van der Waals surface area (Å²) in [6.07, 6.45) is 1.75. The Morgan fingerprint density at radius 2 is 1.95 bits per heavy atom. The van der Waals surface area contributed by atoms with Crippen molar-refractivity contribution in [3.05, 3.63) is 60.4 Å². The molecule has 0 bridgehead atoms. The van der Waals surface area contributed by atoms with Gasteiger partial charge in [0.25, 0.3) is 0 Å². The van der Waals surface area contributed by atoms with Gasteiger partial charge in [0, 0.05) is 11.5 Å². The number of pyridine rings is 2. The second-order valence-corrected chi connectivity index (χ2v) is 4.44. The van der Waals surface area contributed by atoms with Crippen molar-refractivity contribution in [1.82, 2.24) is 9.97 Å². The molecule has 0 aliphatic rings. The van der Waals surface area contributed by atoms with Crippen LogP contribution in [0.4, 0.5) is 5.69 Å². The zero-order valence-electron chi connectivity index (χ0n) is 11.2. The minimum Gasteiger partial charge on any atom is -0.481 e. The van der Waals surface area contributed by atoms with E-state index in [4.69, 9.17) is 4.74 Å².